The summed E-state index contributed by atoms with van der Waals surface area (Å²) < 4.78 is 0. The fourth-order valence-electron chi connectivity index (χ4n) is 3.48. The quantitative estimate of drug-likeness (QED) is 0.300. The lowest BCUT2D eigenvalue weighted by Gasteiger charge is -2.08. The van der Waals surface area contributed by atoms with Gasteiger partial charge in [-0.15, -0.1) is 0 Å². The van der Waals surface area contributed by atoms with Crippen molar-refractivity contribution >= 4 is 17.3 Å². The van der Waals surface area contributed by atoms with Gasteiger partial charge in [-0.2, -0.15) is 0 Å². The summed E-state index contributed by atoms with van der Waals surface area (Å²) >= 11 is 0. The molecule has 4 heteroatoms. The molecule has 28 heavy (non-hydrogen) atoms. The lowest BCUT2D eigenvalue weighted by Crippen LogP contribution is -2.18. The van der Waals surface area contributed by atoms with Crippen molar-refractivity contribution in [3.63, 3.8) is 0 Å². The van der Waals surface area contributed by atoms with Crippen LogP contribution >= 0.6 is 0 Å². The molecule has 1 aliphatic heterocycles. The molecule has 0 amide bonds. The Morgan fingerprint density at radius 3 is 2.57 bits per heavy atom. The summed E-state index contributed by atoms with van der Waals surface area (Å²) in [5, 5.41) is 11.4. The molecule has 0 spiro atoms. The van der Waals surface area contributed by atoms with Crippen LogP contribution in [-0.4, -0.2) is 29.9 Å². The standard InChI is InChI=1S/C24H34N2O2/c1-5-7-8-9-10-22(25)23(27)12-11-19-15-26-17(4)21(19)14-18(6-2)24(28)20-13-16(20)3/h6,11,14,17,25-26H,5,7-10,12-13,15H2,1-4H3/b18-6+,19-11+,21-14+,25-22?. The Balaban J connectivity index is 2.02. The first-order valence-corrected chi connectivity index (χ1v) is 10.5. The van der Waals surface area contributed by atoms with Crippen molar-refractivity contribution in [2.24, 2.45) is 0 Å². The first kappa shape index (κ1) is 22.2. The van der Waals surface area contributed by atoms with Crippen molar-refractivity contribution in [3.8, 4) is 0 Å². The molecular weight excluding hydrogens is 348 g/mol. The van der Waals surface area contributed by atoms with Crippen LogP contribution in [0.5, 0.6) is 0 Å². The number of nitrogens with one attached hydrogen (secondary N) is 2. The first-order chi connectivity index (χ1) is 13.4. The van der Waals surface area contributed by atoms with Gasteiger partial charge < -0.3 is 10.7 Å². The molecule has 4 nitrogen and oxygen atoms in total. The van der Waals surface area contributed by atoms with Gasteiger partial charge in [0.05, 0.1) is 5.71 Å². The minimum absolute atomic E-state index is 0.0935. The summed E-state index contributed by atoms with van der Waals surface area (Å²) in [6.45, 7) is 8.81. The number of carbonyl (C=O) groups excluding carboxylic acids is 2. The zero-order valence-corrected chi connectivity index (χ0v) is 17.8. The van der Waals surface area contributed by atoms with E-state index in [9.17, 15) is 9.59 Å². The van der Waals surface area contributed by atoms with E-state index in [1.54, 1.807) is 0 Å². The monoisotopic (exact) mass is 382 g/mol. The van der Waals surface area contributed by atoms with Crippen LogP contribution in [-0.2, 0) is 9.59 Å². The lowest BCUT2D eigenvalue weighted by atomic mass is 9.97. The smallest absolute Gasteiger partial charge is 0.188 e. The van der Waals surface area contributed by atoms with Gasteiger partial charge >= 0.3 is 0 Å². The third-order valence-electron chi connectivity index (χ3n) is 5.58. The molecule has 1 fully saturated rings. The average Bonchev–Trinajstić information content (AvgIpc) is 3.32. The maximum Gasteiger partial charge on any atom is 0.188 e. The Morgan fingerprint density at radius 2 is 1.96 bits per heavy atom. The molecule has 0 bridgehead atoms. The van der Waals surface area contributed by atoms with E-state index in [0.29, 0.717) is 13.0 Å². The van der Waals surface area contributed by atoms with Crippen LogP contribution < -0.4 is 5.32 Å². The van der Waals surface area contributed by atoms with Crippen LogP contribution in [0.4, 0.5) is 0 Å². The first-order valence-electron chi connectivity index (χ1n) is 10.5. The number of unbranched alkanes of at least 4 members (excludes halogenated alkanes) is 3. The van der Waals surface area contributed by atoms with Crippen LogP contribution in [0.15, 0.2) is 46.1 Å². The molecule has 2 aliphatic rings. The summed E-state index contributed by atoms with van der Waals surface area (Å²) in [7, 11) is 0. The van der Waals surface area contributed by atoms with Gasteiger partial charge in [-0.25, -0.2) is 0 Å². The molecule has 1 saturated heterocycles. The van der Waals surface area contributed by atoms with E-state index in [2.05, 4.69) is 19.2 Å². The van der Waals surface area contributed by atoms with E-state index < -0.39 is 0 Å². The largest absolute Gasteiger partial charge is 0.306 e. The second-order valence-corrected chi connectivity index (χ2v) is 7.86. The summed E-state index contributed by atoms with van der Waals surface area (Å²) in [6, 6.07) is 0.145. The van der Waals surface area contributed by atoms with Gasteiger partial charge in [0.2, 0.25) is 0 Å². The Hall–Kier alpha value is -2.07. The minimum atomic E-state index is -0.0935. The third-order valence-corrected chi connectivity index (χ3v) is 5.58. The number of carbonyl (C=O) groups is 2. The molecule has 0 aromatic carbocycles. The molecule has 0 aromatic heterocycles. The zero-order valence-electron chi connectivity index (χ0n) is 17.8. The van der Waals surface area contributed by atoms with Crippen LogP contribution in [0.3, 0.4) is 0 Å². The number of rotatable bonds is 11. The summed E-state index contributed by atoms with van der Waals surface area (Å²) in [5.41, 5.74) is 5.20. The highest BCUT2D eigenvalue weighted by Gasteiger charge is 2.27. The Bertz CT molecular complexity index is 765. The maximum absolute atomic E-state index is 12.6. The van der Waals surface area contributed by atoms with Crippen molar-refractivity contribution in [1.82, 2.24) is 5.32 Å². The molecule has 0 aromatic rings. The van der Waals surface area contributed by atoms with Gasteiger partial charge in [-0.1, -0.05) is 43.9 Å². The number of allylic oxidation sites excluding steroid dienone is 6. The van der Waals surface area contributed by atoms with E-state index in [-0.39, 0.29) is 29.7 Å². The number of hydrogen-bond donors (Lipinski definition) is 2. The number of Topliss-reactive ketones (excluding diaryl/α,β-unsaturated/α-hetero) is 2. The maximum atomic E-state index is 12.6. The fraction of sp³-hybridized carbons (Fsp3) is 0.542. The van der Waals surface area contributed by atoms with Gasteiger partial charge in [0, 0.05) is 30.2 Å². The molecule has 1 aliphatic carbocycles. The molecular formula is C24H34N2O2. The molecule has 2 N–H and O–H groups in total. The molecule has 1 atom stereocenters. The van der Waals surface area contributed by atoms with E-state index in [0.717, 1.165) is 54.4 Å². The van der Waals surface area contributed by atoms with Crippen LogP contribution in [0.2, 0.25) is 0 Å². The van der Waals surface area contributed by atoms with Gasteiger partial charge in [-0.3, -0.25) is 9.59 Å². The highest BCUT2D eigenvalue weighted by molar-refractivity contribution is 6.38. The summed E-state index contributed by atoms with van der Waals surface area (Å²) in [5.74, 6) is 0.0277. The van der Waals surface area contributed by atoms with Gasteiger partial charge in [0.15, 0.2) is 11.6 Å². The lowest BCUT2D eigenvalue weighted by molar-refractivity contribution is -0.112. The van der Waals surface area contributed by atoms with E-state index >= 15 is 0 Å². The highest BCUT2D eigenvalue weighted by Crippen LogP contribution is 2.34. The third kappa shape index (κ3) is 5.96. The number of ketones is 2. The molecule has 0 saturated carbocycles. The number of hydrogen-bond acceptors (Lipinski definition) is 4. The Kier molecular flexibility index (Phi) is 8.31. The van der Waals surface area contributed by atoms with Crippen molar-refractivity contribution in [3.05, 3.63) is 46.1 Å². The molecule has 152 valence electrons. The highest BCUT2D eigenvalue weighted by atomic mass is 16.1. The van der Waals surface area contributed by atoms with Crippen molar-refractivity contribution < 1.29 is 9.59 Å². The van der Waals surface area contributed by atoms with Crippen molar-refractivity contribution in [2.75, 3.05) is 6.54 Å². The molecule has 1 heterocycles. The minimum Gasteiger partial charge on any atom is -0.306 e. The molecule has 0 radical (unpaired) electrons. The van der Waals surface area contributed by atoms with E-state index in [1.807, 2.05) is 32.1 Å². The zero-order chi connectivity index (χ0) is 20.7. The second kappa shape index (κ2) is 10.5. The fourth-order valence-corrected chi connectivity index (χ4v) is 3.48. The summed E-state index contributed by atoms with van der Waals surface area (Å²) in [6.07, 6.45) is 11.7. The SMILES string of the molecule is C\C=C(/C=C1/C(=C/CC(=O)C(=N)CCCCCC)CNC1C)C(=O)C1=C(C)C1. The van der Waals surface area contributed by atoms with Crippen LogP contribution in [0.25, 0.3) is 0 Å². The van der Waals surface area contributed by atoms with E-state index in [4.69, 9.17) is 5.41 Å². The van der Waals surface area contributed by atoms with Crippen LogP contribution in [0, 0.1) is 5.41 Å². The predicted molar refractivity (Wildman–Crippen MR) is 116 cm³/mol. The average molecular weight is 383 g/mol. The predicted octanol–water partition coefficient (Wildman–Crippen LogP) is 5.02. The molecule has 2 rings (SSSR count). The van der Waals surface area contributed by atoms with Crippen molar-refractivity contribution in [1.29, 1.82) is 5.41 Å². The van der Waals surface area contributed by atoms with Gasteiger partial charge in [-0.05, 0) is 57.3 Å². The van der Waals surface area contributed by atoms with Crippen LogP contribution in [0.1, 0.15) is 72.6 Å². The molecule has 1 unspecified atom stereocenters. The topological polar surface area (TPSA) is 70.0 Å². The Morgan fingerprint density at radius 1 is 1.25 bits per heavy atom. The summed E-state index contributed by atoms with van der Waals surface area (Å²) in [4.78, 5) is 24.8. The second-order valence-electron chi connectivity index (χ2n) is 7.86. The Labute approximate surface area is 169 Å². The van der Waals surface area contributed by atoms with E-state index in [1.165, 1.54) is 5.57 Å². The normalized spacial score (nSPS) is 22.3. The van der Waals surface area contributed by atoms with Gasteiger partial charge in [0.25, 0.3) is 0 Å². The van der Waals surface area contributed by atoms with Gasteiger partial charge in [0.1, 0.15) is 0 Å². The van der Waals surface area contributed by atoms with Crippen molar-refractivity contribution in [2.45, 2.75) is 78.7 Å².